The monoisotopic (exact) mass is 435 g/mol. The van der Waals surface area contributed by atoms with E-state index in [0.29, 0.717) is 11.6 Å². The molecule has 1 unspecified atom stereocenters. The van der Waals surface area contributed by atoms with E-state index in [-0.39, 0.29) is 11.3 Å². The molecule has 7 nitrogen and oxygen atoms in total. The van der Waals surface area contributed by atoms with E-state index in [2.05, 4.69) is 16.9 Å². The summed E-state index contributed by atoms with van der Waals surface area (Å²) in [5.41, 5.74) is 0.673. The Morgan fingerprint density at radius 3 is 2.43 bits per heavy atom. The van der Waals surface area contributed by atoms with Gasteiger partial charge in [0, 0.05) is 50.6 Å². The molecule has 0 aliphatic carbocycles. The van der Waals surface area contributed by atoms with Gasteiger partial charge in [0.25, 0.3) is 5.91 Å². The summed E-state index contributed by atoms with van der Waals surface area (Å²) < 4.78 is 50.2. The summed E-state index contributed by atoms with van der Waals surface area (Å²) in [5.74, 6) is -3.46. The molecule has 1 N–H and O–H groups in total. The molecule has 11 heteroatoms. The lowest BCUT2D eigenvalue weighted by Crippen LogP contribution is -2.44. The van der Waals surface area contributed by atoms with Crippen LogP contribution in [-0.2, 0) is 9.53 Å². The SMILES string of the molecule is COCC1CC2(CCN(C(=O)c3ccnc(F)c3)CC2)CN1C.O=C(O)C(F)(F)F. The Bertz CT molecular complexity index is 752. The Balaban J connectivity index is 0.000000396. The van der Waals surface area contributed by atoms with Crippen LogP contribution >= 0.6 is 0 Å². The number of halogens is 4. The number of rotatable bonds is 3. The zero-order valence-corrected chi connectivity index (χ0v) is 16.8. The highest BCUT2D eigenvalue weighted by Gasteiger charge is 2.44. The summed E-state index contributed by atoms with van der Waals surface area (Å²) in [7, 11) is 3.89. The van der Waals surface area contributed by atoms with Crippen molar-refractivity contribution in [2.75, 3.05) is 40.4 Å². The standard InChI is InChI=1S/C17H24FN3O2.C2HF3O2/c1-20-12-17(10-14(20)11-23-2)4-7-21(8-5-17)16(22)13-3-6-19-15(18)9-13;3-2(4,5)1(6)7/h3,6,9,14H,4-5,7-8,10-12H2,1-2H3;(H,6,7). The minimum atomic E-state index is -5.08. The number of carbonyl (C=O) groups excluding carboxylic acids is 1. The zero-order chi connectivity index (χ0) is 22.5. The van der Waals surface area contributed by atoms with Gasteiger partial charge in [0.1, 0.15) is 0 Å². The van der Waals surface area contributed by atoms with E-state index >= 15 is 0 Å². The maximum Gasteiger partial charge on any atom is 0.490 e. The number of ether oxygens (including phenoxy) is 1. The van der Waals surface area contributed by atoms with Crippen molar-refractivity contribution in [3.8, 4) is 0 Å². The number of amides is 1. The lowest BCUT2D eigenvalue weighted by atomic mass is 9.76. The molecule has 0 saturated carbocycles. The molecule has 0 radical (unpaired) electrons. The Morgan fingerprint density at radius 2 is 1.93 bits per heavy atom. The Labute approximate surface area is 171 Å². The van der Waals surface area contributed by atoms with Crippen LogP contribution in [0.2, 0.25) is 0 Å². The predicted octanol–water partition coefficient (Wildman–Crippen LogP) is 2.43. The number of nitrogens with zero attached hydrogens (tertiary/aromatic N) is 3. The van der Waals surface area contributed by atoms with Crippen LogP contribution in [-0.4, -0.2) is 84.4 Å². The number of carboxylic acid groups (broad SMARTS) is 1. The second-order valence-electron chi connectivity index (χ2n) is 7.69. The normalized spacial score (nSPS) is 21.3. The van der Waals surface area contributed by atoms with Crippen molar-refractivity contribution in [2.45, 2.75) is 31.5 Å². The molecule has 2 saturated heterocycles. The summed E-state index contributed by atoms with van der Waals surface area (Å²) in [6.45, 7) is 3.29. The van der Waals surface area contributed by atoms with Crippen molar-refractivity contribution in [1.82, 2.24) is 14.8 Å². The van der Waals surface area contributed by atoms with Crippen molar-refractivity contribution < 1.29 is 37.0 Å². The number of methoxy groups -OCH3 is 1. The molecule has 3 heterocycles. The summed E-state index contributed by atoms with van der Waals surface area (Å²) >= 11 is 0. The van der Waals surface area contributed by atoms with Crippen molar-refractivity contribution in [1.29, 1.82) is 0 Å². The zero-order valence-electron chi connectivity index (χ0n) is 16.8. The van der Waals surface area contributed by atoms with Crippen LogP contribution in [0.1, 0.15) is 29.6 Å². The number of likely N-dealkylation sites (tertiary alicyclic amines) is 2. The number of piperidine rings is 1. The molecule has 2 aliphatic heterocycles. The number of aliphatic carboxylic acids is 1. The van der Waals surface area contributed by atoms with Crippen LogP contribution in [0.3, 0.4) is 0 Å². The van der Waals surface area contributed by atoms with E-state index in [9.17, 15) is 22.4 Å². The van der Waals surface area contributed by atoms with Crippen LogP contribution < -0.4 is 0 Å². The third-order valence-corrected chi connectivity index (χ3v) is 5.56. The average molecular weight is 435 g/mol. The first-order valence-corrected chi connectivity index (χ1v) is 9.37. The molecule has 2 aliphatic rings. The molecule has 1 amide bonds. The van der Waals surface area contributed by atoms with Gasteiger partial charge < -0.3 is 19.6 Å². The predicted molar refractivity (Wildman–Crippen MR) is 98.4 cm³/mol. The number of alkyl halides is 3. The van der Waals surface area contributed by atoms with Crippen LogP contribution in [0.15, 0.2) is 18.3 Å². The second-order valence-corrected chi connectivity index (χ2v) is 7.69. The third kappa shape index (κ3) is 6.11. The number of carboxylic acids is 1. The van der Waals surface area contributed by atoms with Crippen LogP contribution in [0.5, 0.6) is 0 Å². The minimum Gasteiger partial charge on any atom is -0.475 e. The van der Waals surface area contributed by atoms with Crippen LogP contribution in [0.25, 0.3) is 0 Å². The van der Waals surface area contributed by atoms with Gasteiger partial charge in [0.05, 0.1) is 6.61 Å². The van der Waals surface area contributed by atoms with E-state index in [1.165, 1.54) is 12.3 Å². The highest BCUT2D eigenvalue weighted by molar-refractivity contribution is 5.94. The maximum atomic E-state index is 13.2. The fraction of sp³-hybridized carbons (Fsp3) is 0.632. The molecule has 1 aromatic heterocycles. The molecule has 1 spiro atoms. The quantitative estimate of drug-likeness (QED) is 0.580. The lowest BCUT2D eigenvalue weighted by Gasteiger charge is -2.39. The summed E-state index contributed by atoms with van der Waals surface area (Å²) in [5, 5.41) is 7.12. The van der Waals surface area contributed by atoms with E-state index in [0.717, 1.165) is 45.5 Å². The molecule has 1 aromatic rings. The number of hydrogen-bond acceptors (Lipinski definition) is 5. The molecule has 30 heavy (non-hydrogen) atoms. The minimum absolute atomic E-state index is 0.0963. The molecule has 0 bridgehead atoms. The average Bonchev–Trinajstić information content (AvgIpc) is 2.97. The summed E-state index contributed by atoms with van der Waals surface area (Å²) in [6.07, 6.45) is -0.619. The molecule has 1 atom stereocenters. The smallest absolute Gasteiger partial charge is 0.475 e. The first-order chi connectivity index (χ1) is 14.0. The van der Waals surface area contributed by atoms with Gasteiger partial charge in [-0.1, -0.05) is 0 Å². The molecular formula is C19H25F4N3O4. The molecular weight excluding hydrogens is 410 g/mol. The van der Waals surface area contributed by atoms with Gasteiger partial charge in [-0.3, -0.25) is 4.79 Å². The van der Waals surface area contributed by atoms with Gasteiger partial charge in [-0.15, -0.1) is 0 Å². The third-order valence-electron chi connectivity index (χ3n) is 5.56. The van der Waals surface area contributed by atoms with Gasteiger partial charge in [-0.25, -0.2) is 9.78 Å². The highest BCUT2D eigenvalue weighted by Crippen LogP contribution is 2.43. The topological polar surface area (TPSA) is 83.0 Å². The number of pyridine rings is 1. The molecule has 3 rings (SSSR count). The molecule has 168 valence electrons. The van der Waals surface area contributed by atoms with Crippen LogP contribution in [0.4, 0.5) is 17.6 Å². The van der Waals surface area contributed by atoms with E-state index in [1.807, 2.05) is 4.90 Å². The van der Waals surface area contributed by atoms with Crippen molar-refractivity contribution in [3.05, 3.63) is 29.8 Å². The van der Waals surface area contributed by atoms with Gasteiger partial charge in [-0.05, 0) is 37.8 Å². The van der Waals surface area contributed by atoms with Gasteiger partial charge in [0.15, 0.2) is 0 Å². The molecule has 0 aromatic carbocycles. The fourth-order valence-corrected chi connectivity index (χ4v) is 4.02. The maximum absolute atomic E-state index is 13.2. The number of likely N-dealkylation sites (N-methyl/N-ethyl adjacent to an activating group) is 1. The Hall–Kier alpha value is -2.27. The van der Waals surface area contributed by atoms with Crippen LogP contribution in [0, 0.1) is 11.4 Å². The van der Waals surface area contributed by atoms with E-state index < -0.39 is 18.1 Å². The van der Waals surface area contributed by atoms with Crippen molar-refractivity contribution in [3.63, 3.8) is 0 Å². The van der Waals surface area contributed by atoms with Gasteiger partial charge >= 0.3 is 12.1 Å². The lowest BCUT2D eigenvalue weighted by molar-refractivity contribution is -0.192. The summed E-state index contributed by atoms with van der Waals surface area (Å²) in [6, 6.07) is 3.26. The van der Waals surface area contributed by atoms with Gasteiger partial charge in [0.2, 0.25) is 5.95 Å². The Morgan fingerprint density at radius 1 is 1.33 bits per heavy atom. The first-order valence-electron chi connectivity index (χ1n) is 9.37. The first kappa shape index (κ1) is 24.0. The number of carbonyl (C=O) groups is 2. The van der Waals surface area contributed by atoms with E-state index in [1.54, 1.807) is 13.2 Å². The highest BCUT2D eigenvalue weighted by atomic mass is 19.4. The Kier molecular flexibility index (Phi) is 7.75. The fourth-order valence-electron chi connectivity index (χ4n) is 4.02. The van der Waals surface area contributed by atoms with E-state index in [4.69, 9.17) is 14.6 Å². The number of hydrogen-bond donors (Lipinski definition) is 1. The van der Waals surface area contributed by atoms with Crippen molar-refractivity contribution >= 4 is 11.9 Å². The van der Waals surface area contributed by atoms with Gasteiger partial charge in [-0.2, -0.15) is 17.6 Å². The number of aromatic nitrogens is 1. The van der Waals surface area contributed by atoms with Crippen molar-refractivity contribution in [2.24, 2.45) is 5.41 Å². The molecule has 2 fully saturated rings. The summed E-state index contributed by atoms with van der Waals surface area (Å²) in [4.78, 5) is 29.1. The largest absolute Gasteiger partial charge is 0.490 e. The second kappa shape index (κ2) is 9.69.